The van der Waals surface area contributed by atoms with Gasteiger partial charge >= 0.3 is 0 Å². The van der Waals surface area contributed by atoms with Crippen LogP contribution in [0.3, 0.4) is 0 Å². The molecule has 4 nitrogen and oxygen atoms in total. The third kappa shape index (κ3) is 4.24. The van der Waals surface area contributed by atoms with Crippen LogP contribution in [0.5, 0.6) is 0 Å². The van der Waals surface area contributed by atoms with Crippen molar-refractivity contribution in [3.63, 3.8) is 0 Å². The molecular weight excluding hydrogens is 416 g/mol. The van der Waals surface area contributed by atoms with Crippen LogP contribution in [0.25, 0.3) is 17.4 Å². The van der Waals surface area contributed by atoms with Gasteiger partial charge in [0.2, 0.25) is 0 Å². The Morgan fingerprint density at radius 1 is 1.14 bits per heavy atom. The number of amides is 1. The van der Waals surface area contributed by atoms with E-state index >= 15 is 0 Å². The average molecular weight is 435 g/mol. The number of halogens is 1. The molecule has 3 rings (SSSR count). The Bertz CT molecular complexity index is 1120. The molecule has 0 aliphatic rings. The molecule has 0 saturated carbocycles. The third-order valence-electron chi connectivity index (χ3n) is 4.52. The van der Waals surface area contributed by atoms with E-state index in [2.05, 4.69) is 21.2 Å². The number of carbonyl (C=O) groups is 1. The first-order chi connectivity index (χ1) is 13.4. The van der Waals surface area contributed by atoms with Crippen molar-refractivity contribution < 1.29 is 9.21 Å². The SMILES string of the molecule is Cc1ccc(-c2ccc(/C=C(\C#N)C(=O)Nc3cccc(C)c3C)o2)c(Br)c1. The Hall–Kier alpha value is -3.10. The third-order valence-corrected chi connectivity index (χ3v) is 5.18. The molecule has 0 aliphatic carbocycles. The lowest BCUT2D eigenvalue weighted by Gasteiger charge is -2.09. The highest BCUT2D eigenvalue weighted by Gasteiger charge is 2.13. The number of carbonyl (C=O) groups excluding carboxylic acids is 1. The van der Waals surface area contributed by atoms with Crippen LogP contribution in [0.4, 0.5) is 5.69 Å². The lowest BCUT2D eigenvalue weighted by atomic mass is 10.1. The Balaban J connectivity index is 1.85. The molecule has 0 aliphatic heterocycles. The maximum atomic E-state index is 12.5. The molecule has 2 aromatic carbocycles. The van der Waals surface area contributed by atoms with Crippen molar-refractivity contribution in [1.82, 2.24) is 0 Å². The van der Waals surface area contributed by atoms with Crippen molar-refractivity contribution in [2.45, 2.75) is 20.8 Å². The zero-order valence-electron chi connectivity index (χ0n) is 15.8. The molecule has 28 heavy (non-hydrogen) atoms. The lowest BCUT2D eigenvalue weighted by Crippen LogP contribution is -2.14. The van der Waals surface area contributed by atoms with Crippen molar-refractivity contribution in [2.24, 2.45) is 0 Å². The summed E-state index contributed by atoms with van der Waals surface area (Å²) in [5.41, 5.74) is 4.75. The van der Waals surface area contributed by atoms with Gasteiger partial charge in [-0.05, 0) is 67.8 Å². The maximum absolute atomic E-state index is 12.5. The van der Waals surface area contributed by atoms with Crippen molar-refractivity contribution in [3.05, 3.63) is 81.0 Å². The van der Waals surface area contributed by atoms with E-state index in [4.69, 9.17) is 4.42 Å². The Labute approximate surface area is 172 Å². The fourth-order valence-corrected chi connectivity index (χ4v) is 3.45. The second-order valence-corrected chi connectivity index (χ2v) is 7.41. The molecule has 0 radical (unpaired) electrons. The first kappa shape index (κ1) is 19.7. The number of hydrogen-bond donors (Lipinski definition) is 1. The van der Waals surface area contributed by atoms with Crippen LogP contribution in [0, 0.1) is 32.1 Å². The van der Waals surface area contributed by atoms with E-state index in [1.165, 1.54) is 6.08 Å². The summed E-state index contributed by atoms with van der Waals surface area (Å²) in [7, 11) is 0. The van der Waals surface area contributed by atoms with Gasteiger partial charge in [0.1, 0.15) is 23.2 Å². The minimum absolute atomic E-state index is 0.0234. The molecule has 1 amide bonds. The number of furan rings is 1. The first-order valence-corrected chi connectivity index (χ1v) is 9.54. The molecule has 0 bridgehead atoms. The van der Waals surface area contributed by atoms with Crippen molar-refractivity contribution >= 4 is 33.6 Å². The normalized spacial score (nSPS) is 11.2. The van der Waals surface area contributed by atoms with Gasteiger partial charge in [-0.1, -0.05) is 34.1 Å². The Kier molecular flexibility index (Phi) is 5.81. The zero-order chi connectivity index (χ0) is 20.3. The zero-order valence-corrected chi connectivity index (χ0v) is 17.4. The van der Waals surface area contributed by atoms with Gasteiger partial charge in [0.25, 0.3) is 5.91 Å². The predicted octanol–water partition coefficient (Wildman–Crippen LogP) is 6.18. The van der Waals surface area contributed by atoms with Gasteiger partial charge in [-0.2, -0.15) is 5.26 Å². The monoisotopic (exact) mass is 434 g/mol. The van der Waals surface area contributed by atoms with Gasteiger partial charge in [0.15, 0.2) is 0 Å². The van der Waals surface area contributed by atoms with E-state index in [0.717, 1.165) is 26.7 Å². The number of aryl methyl sites for hydroxylation is 2. The van der Waals surface area contributed by atoms with Crippen molar-refractivity contribution in [2.75, 3.05) is 5.32 Å². The summed E-state index contributed by atoms with van der Waals surface area (Å²) in [5, 5.41) is 12.2. The highest BCUT2D eigenvalue weighted by atomic mass is 79.9. The maximum Gasteiger partial charge on any atom is 0.266 e. The van der Waals surface area contributed by atoms with E-state index < -0.39 is 5.91 Å². The second kappa shape index (κ2) is 8.28. The number of hydrogen-bond acceptors (Lipinski definition) is 3. The summed E-state index contributed by atoms with van der Waals surface area (Å²) < 4.78 is 6.75. The van der Waals surface area contributed by atoms with Gasteiger partial charge in [0, 0.05) is 21.8 Å². The molecule has 1 heterocycles. The number of rotatable bonds is 4. The highest BCUT2D eigenvalue weighted by molar-refractivity contribution is 9.10. The summed E-state index contributed by atoms with van der Waals surface area (Å²) in [6, 6.07) is 17.1. The predicted molar refractivity (Wildman–Crippen MR) is 115 cm³/mol. The van der Waals surface area contributed by atoms with Crippen LogP contribution < -0.4 is 5.32 Å². The number of nitrogens with one attached hydrogen (secondary N) is 1. The molecule has 1 N–H and O–H groups in total. The second-order valence-electron chi connectivity index (χ2n) is 6.56. The standard InChI is InChI=1S/C23H19BrN2O2/c1-14-7-9-19(20(24)11-14)22-10-8-18(28-22)12-17(13-25)23(27)26-21-6-4-5-15(2)16(21)3/h4-12H,1-3H3,(H,26,27)/b17-12+. The molecule has 5 heteroatoms. The van der Waals surface area contributed by atoms with Crippen LogP contribution in [0.1, 0.15) is 22.5 Å². The smallest absolute Gasteiger partial charge is 0.266 e. The van der Waals surface area contributed by atoms with Gasteiger partial charge in [-0.3, -0.25) is 4.79 Å². The summed E-state index contributed by atoms with van der Waals surface area (Å²) in [6.07, 6.45) is 1.45. The summed E-state index contributed by atoms with van der Waals surface area (Å²) in [5.74, 6) is 0.631. The molecular formula is C23H19BrN2O2. The van der Waals surface area contributed by atoms with E-state index in [1.54, 1.807) is 6.07 Å². The summed E-state index contributed by atoms with van der Waals surface area (Å²) in [6.45, 7) is 5.91. The van der Waals surface area contributed by atoms with Crippen LogP contribution in [0.2, 0.25) is 0 Å². The summed E-state index contributed by atoms with van der Waals surface area (Å²) >= 11 is 3.54. The fraction of sp³-hybridized carbons (Fsp3) is 0.130. The largest absolute Gasteiger partial charge is 0.457 e. The van der Waals surface area contributed by atoms with Crippen LogP contribution in [-0.2, 0) is 4.79 Å². The topological polar surface area (TPSA) is 66.0 Å². The fourth-order valence-electron chi connectivity index (χ4n) is 2.76. The van der Waals surface area contributed by atoms with Crippen molar-refractivity contribution in [1.29, 1.82) is 5.26 Å². The van der Waals surface area contributed by atoms with Gasteiger partial charge in [0.05, 0.1) is 0 Å². The quantitative estimate of drug-likeness (QED) is 0.393. The van der Waals surface area contributed by atoms with Gasteiger partial charge in [-0.15, -0.1) is 0 Å². The van der Waals surface area contributed by atoms with Crippen LogP contribution in [-0.4, -0.2) is 5.91 Å². The molecule has 1 aromatic heterocycles. The van der Waals surface area contributed by atoms with E-state index in [9.17, 15) is 10.1 Å². The number of nitrogens with zero attached hydrogens (tertiary/aromatic N) is 1. The Morgan fingerprint density at radius 3 is 2.64 bits per heavy atom. The van der Waals surface area contributed by atoms with Gasteiger partial charge in [-0.25, -0.2) is 0 Å². The number of anilines is 1. The molecule has 0 unspecified atom stereocenters. The first-order valence-electron chi connectivity index (χ1n) is 8.75. The summed E-state index contributed by atoms with van der Waals surface area (Å²) in [4.78, 5) is 12.5. The molecule has 0 fully saturated rings. The molecule has 140 valence electrons. The molecule has 0 saturated heterocycles. The molecule has 0 spiro atoms. The van der Waals surface area contributed by atoms with E-state index in [-0.39, 0.29) is 5.57 Å². The van der Waals surface area contributed by atoms with Gasteiger partial charge < -0.3 is 9.73 Å². The van der Waals surface area contributed by atoms with E-state index in [0.29, 0.717) is 17.2 Å². The van der Waals surface area contributed by atoms with Crippen LogP contribution in [0.15, 0.2) is 63.0 Å². The number of nitriles is 1. The Morgan fingerprint density at radius 2 is 1.93 bits per heavy atom. The van der Waals surface area contributed by atoms with E-state index in [1.807, 2.05) is 69.3 Å². The average Bonchev–Trinajstić information content (AvgIpc) is 3.11. The highest BCUT2D eigenvalue weighted by Crippen LogP contribution is 2.31. The number of benzene rings is 2. The minimum atomic E-state index is -0.467. The minimum Gasteiger partial charge on any atom is -0.457 e. The molecule has 0 atom stereocenters. The van der Waals surface area contributed by atoms with Crippen LogP contribution >= 0.6 is 15.9 Å². The van der Waals surface area contributed by atoms with Crippen molar-refractivity contribution in [3.8, 4) is 17.4 Å². The molecule has 3 aromatic rings. The lowest BCUT2D eigenvalue weighted by molar-refractivity contribution is -0.112.